The Hall–Kier alpha value is -9.58. The number of carboxylic acids is 1. The van der Waals surface area contributed by atoms with E-state index in [4.69, 9.17) is 0 Å². The Kier molecular flexibility index (Phi) is 25.7. The van der Waals surface area contributed by atoms with Gasteiger partial charge in [-0.05, 0) is 238 Å². The maximum absolute atomic E-state index is 15.1. The molecule has 18 atom stereocenters. The van der Waals surface area contributed by atoms with Crippen LogP contribution < -0.4 is 5.32 Å². The fourth-order valence-electron chi connectivity index (χ4n) is 26.0. The minimum absolute atomic E-state index is 0.0724. The van der Waals surface area contributed by atoms with Gasteiger partial charge >= 0.3 is 5.97 Å². The molecular formula is C90H128N18O19. The second-order valence-electron chi connectivity index (χ2n) is 39.2. The molecule has 692 valence electrons. The molecule has 0 saturated carbocycles. The van der Waals surface area contributed by atoms with Gasteiger partial charge in [0, 0.05) is 111 Å². The summed E-state index contributed by atoms with van der Waals surface area (Å²) in [5.41, 5.74) is 0. The van der Waals surface area contributed by atoms with E-state index in [9.17, 15) is 53.1 Å². The fraction of sp³-hybridized carbons (Fsp3) is 0.800. The van der Waals surface area contributed by atoms with Gasteiger partial charge in [0.1, 0.15) is 103 Å². The highest BCUT2D eigenvalue weighted by atomic mass is 16.4. The molecule has 18 heterocycles. The Morgan fingerprint density at radius 2 is 0.260 bits per heavy atom. The number of rotatable bonds is 18. The predicted octanol–water partition coefficient (Wildman–Crippen LogP) is -0.330. The van der Waals surface area contributed by atoms with Crippen LogP contribution in [0, 0.1) is 0 Å². The van der Waals surface area contributed by atoms with E-state index in [0.717, 1.165) is 19.4 Å². The summed E-state index contributed by atoms with van der Waals surface area (Å²) >= 11 is 0. The minimum atomic E-state index is -1.08. The molecule has 0 spiro atoms. The summed E-state index contributed by atoms with van der Waals surface area (Å²) in [6.07, 6.45) is 17.0. The highest BCUT2D eigenvalue weighted by Gasteiger charge is 2.58. The Morgan fingerprint density at radius 1 is 0.150 bits per heavy atom. The Bertz CT molecular complexity index is 4230. The molecule has 17 amide bonds. The van der Waals surface area contributed by atoms with Gasteiger partial charge in [0.25, 0.3) is 0 Å². The molecule has 18 fully saturated rings. The van der Waals surface area contributed by atoms with Crippen molar-refractivity contribution >= 4 is 106 Å². The molecule has 18 saturated heterocycles. The molecule has 18 aliphatic heterocycles. The zero-order valence-electron chi connectivity index (χ0n) is 73.5. The van der Waals surface area contributed by atoms with Crippen molar-refractivity contribution in [2.24, 2.45) is 0 Å². The molecule has 0 aromatic carbocycles. The summed E-state index contributed by atoms with van der Waals surface area (Å²) in [6, 6.07) is -15.2. The first-order valence-electron chi connectivity index (χ1n) is 48.7. The van der Waals surface area contributed by atoms with Crippen LogP contribution >= 0.6 is 0 Å². The lowest BCUT2D eigenvalue weighted by Crippen LogP contribution is -2.60. The number of hydrogen-bond acceptors (Lipinski definition) is 19. The quantitative estimate of drug-likeness (QED) is 0.177. The standard InChI is InChI=1S/C90H128N18O19/c109-73(55-19-1-37-91-55)92-38-2-20-56(92)74(110)93-39-3-21-57(93)75(111)94-40-4-22-58(94)76(112)95-41-5-23-59(95)77(113)96-42-6-24-60(96)78(114)97-43-7-25-61(97)79(115)98-44-8-26-62(98)80(116)99-45-9-27-63(99)81(117)100-46-10-28-64(100)82(118)101-47-11-29-65(101)83(119)102-48-12-30-66(102)84(120)103-49-13-31-67(103)85(121)104-50-14-32-68(104)86(122)105-51-15-33-69(105)87(123)106-52-16-34-70(106)88(124)107-53-17-35-71(107)89(125)108-54-18-36-72(108)90(126)127/h55-72,91H,1-54H2,(H,126,127)/t55-,56-,57-,58-,59-,60-,61-,62-,63-,64-,65-,66-,67-,68-,69-,70-,71-,72-/m0/s1. The topological polar surface area (TPSA) is 395 Å². The molecule has 0 aromatic heterocycles. The third-order valence-electron chi connectivity index (χ3n) is 32.3. The molecule has 18 rings (SSSR count). The van der Waals surface area contributed by atoms with Crippen LogP contribution in [-0.2, 0) is 86.3 Å². The normalized spacial score (nSPS) is 33.4. The summed E-state index contributed by atoms with van der Waals surface area (Å²) in [6.45, 7) is 5.67. The highest BCUT2D eigenvalue weighted by Crippen LogP contribution is 2.41. The zero-order chi connectivity index (χ0) is 88.5. The van der Waals surface area contributed by atoms with E-state index >= 15 is 38.4 Å². The Balaban J connectivity index is 0.469. The molecule has 127 heavy (non-hydrogen) atoms. The number of aliphatic carboxylic acids is 1. The average molecular weight is 1770 g/mol. The van der Waals surface area contributed by atoms with Crippen molar-refractivity contribution in [3.63, 3.8) is 0 Å². The molecule has 37 heteroatoms. The van der Waals surface area contributed by atoms with Crippen LogP contribution in [0.1, 0.15) is 231 Å². The number of nitrogens with one attached hydrogen (secondary N) is 1. The molecule has 0 bridgehead atoms. The van der Waals surface area contributed by atoms with Gasteiger partial charge in [-0.3, -0.25) is 81.5 Å². The lowest BCUT2D eigenvalue weighted by atomic mass is 10.1. The van der Waals surface area contributed by atoms with Crippen LogP contribution in [0.25, 0.3) is 0 Å². The van der Waals surface area contributed by atoms with E-state index in [2.05, 4.69) is 5.32 Å². The lowest BCUT2D eigenvalue weighted by molar-refractivity contribution is -0.156. The molecule has 37 nitrogen and oxygen atoms in total. The van der Waals surface area contributed by atoms with E-state index < -0.39 is 109 Å². The Labute approximate surface area is 740 Å². The first kappa shape index (κ1) is 88.1. The summed E-state index contributed by atoms with van der Waals surface area (Å²) in [5, 5.41) is 13.1. The van der Waals surface area contributed by atoms with Crippen LogP contribution in [-0.4, -0.2) is 421 Å². The van der Waals surface area contributed by atoms with Crippen LogP contribution in [0.3, 0.4) is 0 Å². The van der Waals surface area contributed by atoms with Crippen molar-refractivity contribution < 1.29 is 91.4 Å². The van der Waals surface area contributed by atoms with Crippen molar-refractivity contribution in [1.82, 2.24) is 88.6 Å². The Morgan fingerprint density at radius 3 is 0.370 bits per heavy atom. The SMILES string of the molecule is O=C(O)[C@@H]1CCCN1C(=O)[C@@H]1CCCN1C(=O)[C@@H]1CCCN1C(=O)[C@@H]1CCCN1C(=O)[C@@H]1CCCN1C(=O)[C@@H]1CCCN1C(=O)[C@@H]1CCCN1C(=O)[C@@H]1CCCN1C(=O)[C@@H]1CCCN1C(=O)[C@@H]1CCCN1C(=O)[C@@H]1CCCN1C(=O)[C@@H]1CCCN1C(=O)[C@@H]1CCCN1C(=O)[C@@H]1CCCN1C(=O)[C@@H]1CCCN1C(=O)[C@@H]1CCCN1C(=O)[C@@H]1CCCN1C(=O)[C@@H]1CCCN1. The van der Waals surface area contributed by atoms with Gasteiger partial charge in [-0.25, -0.2) is 4.79 Å². The fourth-order valence-corrected chi connectivity index (χ4v) is 26.0. The second kappa shape index (κ2) is 37.1. The smallest absolute Gasteiger partial charge is 0.326 e. The largest absolute Gasteiger partial charge is 0.480 e. The number of carbonyl (C=O) groups is 18. The molecule has 0 aliphatic carbocycles. The molecule has 0 unspecified atom stereocenters. The maximum Gasteiger partial charge on any atom is 0.326 e. The van der Waals surface area contributed by atoms with Gasteiger partial charge in [-0.15, -0.1) is 0 Å². The number of amides is 17. The average Bonchev–Trinajstić information content (AvgIpc) is 1.63. The zero-order valence-corrected chi connectivity index (χ0v) is 73.5. The lowest BCUT2D eigenvalue weighted by Gasteiger charge is -2.38. The van der Waals surface area contributed by atoms with Crippen LogP contribution in [0.4, 0.5) is 0 Å². The summed E-state index contributed by atoms with van der Waals surface area (Å²) in [7, 11) is 0. The minimum Gasteiger partial charge on any atom is -0.480 e. The third-order valence-corrected chi connectivity index (χ3v) is 32.3. The predicted molar refractivity (Wildman–Crippen MR) is 449 cm³/mol. The maximum atomic E-state index is 15.1. The van der Waals surface area contributed by atoms with E-state index in [-0.39, 0.29) is 178 Å². The number of likely N-dealkylation sites (tertiary alicyclic amines) is 17. The van der Waals surface area contributed by atoms with Crippen LogP contribution in [0.2, 0.25) is 0 Å². The van der Waals surface area contributed by atoms with E-state index in [1.807, 2.05) is 0 Å². The summed E-state index contributed by atoms with van der Waals surface area (Å²) in [4.78, 5) is 290. The first-order chi connectivity index (χ1) is 61.5. The van der Waals surface area contributed by atoms with E-state index in [0.29, 0.717) is 258 Å². The van der Waals surface area contributed by atoms with Crippen molar-refractivity contribution in [3.8, 4) is 0 Å². The number of carbonyl (C=O) groups excluding carboxylic acids is 17. The number of nitrogens with zero attached hydrogens (tertiary/aromatic N) is 17. The van der Waals surface area contributed by atoms with Crippen molar-refractivity contribution in [3.05, 3.63) is 0 Å². The van der Waals surface area contributed by atoms with Crippen LogP contribution in [0.15, 0.2) is 0 Å². The monoisotopic (exact) mass is 1760 g/mol. The number of hydrogen-bond donors (Lipinski definition) is 2. The number of carboxylic acid groups (broad SMARTS) is 1. The first-order valence-corrected chi connectivity index (χ1v) is 48.7. The second-order valence-corrected chi connectivity index (χ2v) is 39.2. The van der Waals surface area contributed by atoms with Gasteiger partial charge in [-0.2, -0.15) is 0 Å². The molecular weight excluding hydrogens is 1640 g/mol. The van der Waals surface area contributed by atoms with E-state index in [1.54, 1.807) is 73.5 Å². The van der Waals surface area contributed by atoms with Gasteiger partial charge in [0.15, 0.2) is 0 Å². The van der Waals surface area contributed by atoms with Gasteiger partial charge in [-0.1, -0.05) is 0 Å². The molecule has 18 aliphatic rings. The van der Waals surface area contributed by atoms with Gasteiger partial charge in [0.2, 0.25) is 100 Å². The van der Waals surface area contributed by atoms with Crippen molar-refractivity contribution in [2.75, 3.05) is 118 Å². The van der Waals surface area contributed by atoms with Gasteiger partial charge in [0.05, 0.1) is 6.04 Å². The van der Waals surface area contributed by atoms with Gasteiger partial charge < -0.3 is 93.7 Å². The molecule has 0 aromatic rings. The highest BCUT2D eigenvalue weighted by molar-refractivity contribution is 6.03. The van der Waals surface area contributed by atoms with Crippen molar-refractivity contribution in [2.45, 2.75) is 340 Å². The van der Waals surface area contributed by atoms with E-state index in [1.165, 1.54) is 9.80 Å². The third kappa shape index (κ3) is 16.1. The summed E-state index contributed by atoms with van der Waals surface area (Å²) in [5.74, 6) is -6.86. The molecule has 0 radical (unpaired) electrons. The summed E-state index contributed by atoms with van der Waals surface area (Å²) < 4.78 is 0. The van der Waals surface area contributed by atoms with Crippen molar-refractivity contribution in [1.29, 1.82) is 0 Å². The van der Waals surface area contributed by atoms with Crippen LogP contribution in [0.5, 0.6) is 0 Å². The molecule has 2 N–H and O–H groups in total.